The monoisotopic (exact) mass is 253 g/mol. The lowest BCUT2D eigenvalue weighted by Crippen LogP contribution is -2.38. The summed E-state index contributed by atoms with van der Waals surface area (Å²) in [6.45, 7) is 2.74. The lowest BCUT2D eigenvalue weighted by atomic mass is 9.94. The second kappa shape index (κ2) is 6.73. The van der Waals surface area contributed by atoms with E-state index in [1.54, 1.807) is 0 Å². The van der Waals surface area contributed by atoms with Gasteiger partial charge in [-0.3, -0.25) is 9.59 Å². The fourth-order valence-electron chi connectivity index (χ4n) is 2.66. The number of piperidine rings is 1. The molecule has 3 N–H and O–H groups in total. The minimum absolute atomic E-state index is 0.0996. The standard InChI is InChI=1S/C13H23N3O2/c17-12(5-3-10-2-1-7-14-8-10)15-9-11-4-6-13(18)16-11/h10-11,14H,1-9H2,(H,15,17)(H,16,18). The molecule has 2 amide bonds. The first-order chi connectivity index (χ1) is 8.74. The van der Waals surface area contributed by atoms with Gasteiger partial charge in [0.25, 0.3) is 0 Å². The van der Waals surface area contributed by atoms with E-state index < -0.39 is 0 Å². The quantitative estimate of drug-likeness (QED) is 0.654. The number of rotatable bonds is 5. The fourth-order valence-corrected chi connectivity index (χ4v) is 2.66. The van der Waals surface area contributed by atoms with Gasteiger partial charge in [0.15, 0.2) is 0 Å². The molecule has 5 nitrogen and oxygen atoms in total. The van der Waals surface area contributed by atoms with Crippen LogP contribution in [-0.4, -0.2) is 37.5 Å². The van der Waals surface area contributed by atoms with E-state index in [2.05, 4.69) is 16.0 Å². The third-order valence-corrected chi connectivity index (χ3v) is 3.81. The van der Waals surface area contributed by atoms with Crippen LogP contribution in [0, 0.1) is 5.92 Å². The Morgan fingerprint density at radius 3 is 2.94 bits per heavy atom. The lowest BCUT2D eigenvalue weighted by Gasteiger charge is -2.22. The summed E-state index contributed by atoms with van der Waals surface area (Å²) >= 11 is 0. The molecule has 0 aliphatic carbocycles. The van der Waals surface area contributed by atoms with Crippen molar-refractivity contribution in [2.24, 2.45) is 5.92 Å². The SMILES string of the molecule is O=C(CCC1CCCNC1)NCC1CCC(=O)N1. The van der Waals surface area contributed by atoms with Crippen molar-refractivity contribution in [1.29, 1.82) is 0 Å². The van der Waals surface area contributed by atoms with Crippen molar-refractivity contribution in [2.45, 2.75) is 44.6 Å². The molecule has 0 spiro atoms. The Hall–Kier alpha value is -1.10. The predicted octanol–water partition coefficient (Wildman–Crippen LogP) is 0.161. The predicted molar refractivity (Wildman–Crippen MR) is 69.0 cm³/mol. The topological polar surface area (TPSA) is 70.2 Å². The summed E-state index contributed by atoms with van der Waals surface area (Å²) in [7, 11) is 0. The van der Waals surface area contributed by atoms with Crippen molar-refractivity contribution < 1.29 is 9.59 Å². The van der Waals surface area contributed by atoms with Crippen molar-refractivity contribution in [3.05, 3.63) is 0 Å². The number of carbonyl (C=O) groups is 2. The molecule has 5 heteroatoms. The first-order valence-corrected chi connectivity index (χ1v) is 7.01. The third kappa shape index (κ3) is 4.29. The molecule has 2 rings (SSSR count). The van der Waals surface area contributed by atoms with Gasteiger partial charge in [-0.2, -0.15) is 0 Å². The van der Waals surface area contributed by atoms with E-state index in [9.17, 15) is 9.59 Å². The highest BCUT2D eigenvalue weighted by molar-refractivity contribution is 5.79. The Morgan fingerprint density at radius 2 is 2.28 bits per heavy atom. The maximum Gasteiger partial charge on any atom is 0.220 e. The first kappa shape index (κ1) is 13.3. The van der Waals surface area contributed by atoms with E-state index in [1.807, 2.05) is 0 Å². The van der Waals surface area contributed by atoms with E-state index in [0.717, 1.165) is 25.9 Å². The van der Waals surface area contributed by atoms with Crippen molar-refractivity contribution >= 4 is 11.8 Å². The smallest absolute Gasteiger partial charge is 0.220 e. The van der Waals surface area contributed by atoms with Crippen LogP contribution in [0.4, 0.5) is 0 Å². The Kier molecular flexibility index (Phi) is 4.99. The first-order valence-electron chi connectivity index (χ1n) is 7.01. The van der Waals surface area contributed by atoms with Gasteiger partial charge in [0.2, 0.25) is 11.8 Å². The number of amides is 2. The second-order valence-corrected chi connectivity index (χ2v) is 5.36. The molecule has 2 aliphatic rings. The van der Waals surface area contributed by atoms with Crippen molar-refractivity contribution in [3.63, 3.8) is 0 Å². The van der Waals surface area contributed by atoms with Gasteiger partial charge in [0, 0.05) is 25.4 Å². The molecule has 2 atom stereocenters. The Balaban J connectivity index is 1.55. The molecule has 0 saturated carbocycles. The molecule has 0 aromatic carbocycles. The van der Waals surface area contributed by atoms with Crippen molar-refractivity contribution in [2.75, 3.05) is 19.6 Å². The summed E-state index contributed by atoms with van der Waals surface area (Å²) in [6, 6.07) is 0.137. The summed E-state index contributed by atoms with van der Waals surface area (Å²) in [4.78, 5) is 22.7. The van der Waals surface area contributed by atoms with Crippen LogP contribution < -0.4 is 16.0 Å². The Bertz CT molecular complexity index is 301. The molecule has 18 heavy (non-hydrogen) atoms. The van der Waals surface area contributed by atoms with Gasteiger partial charge in [-0.25, -0.2) is 0 Å². The maximum atomic E-state index is 11.7. The highest BCUT2D eigenvalue weighted by Gasteiger charge is 2.21. The zero-order valence-electron chi connectivity index (χ0n) is 10.8. The van der Waals surface area contributed by atoms with Gasteiger partial charge in [0.05, 0.1) is 0 Å². The molecular weight excluding hydrogens is 230 g/mol. The van der Waals surface area contributed by atoms with E-state index in [-0.39, 0.29) is 17.9 Å². The highest BCUT2D eigenvalue weighted by Crippen LogP contribution is 2.15. The fraction of sp³-hybridized carbons (Fsp3) is 0.846. The molecule has 2 heterocycles. The minimum Gasteiger partial charge on any atom is -0.354 e. The molecular formula is C13H23N3O2. The molecule has 2 saturated heterocycles. The minimum atomic E-state index is 0.0996. The van der Waals surface area contributed by atoms with Gasteiger partial charge >= 0.3 is 0 Å². The zero-order chi connectivity index (χ0) is 12.8. The summed E-state index contributed by atoms with van der Waals surface area (Å²) in [5, 5.41) is 9.12. The zero-order valence-corrected chi connectivity index (χ0v) is 10.8. The van der Waals surface area contributed by atoms with Gasteiger partial charge < -0.3 is 16.0 Å². The van der Waals surface area contributed by atoms with Crippen LogP contribution in [0.1, 0.15) is 38.5 Å². The average Bonchev–Trinajstić information content (AvgIpc) is 2.81. The van der Waals surface area contributed by atoms with Crippen LogP contribution in [0.2, 0.25) is 0 Å². The molecule has 2 aliphatic heterocycles. The number of nitrogens with one attached hydrogen (secondary N) is 3. The van der Waals surface area contributed by atoms with Crippen molar-refractivity contribution in [1.82, 2.24) is 16.0 Å². The summed E-state index contributed by atoms with van der Waals surface area (Å²) in [5.41, 5.74) is 0. The van der Waals surface area contributed by atoms with Crippen LogP contribution >= 0.6 is 0 Å². The highest BCUT2D eigenvalue weighted by atomic mass is 16.2. The second-order valence-electron chi connectivity index (χ2n) is 5.36. The van der Waals surface area contributed by atoms with Crippen molar-refractivity contribution in [3.8, 4) is 0 Å². The van der Waals surface area contributed by atoms with Gasteiger partial charge in [-0.15, -0.1) is 0 Å². The molecule has 0 aromatic heterocycles. The van der Waals surface area contributed by atoms with Gasteiger partial charge in [-0.1, -0.05) is 0 Å². The van der Waals surface area contributed by atoms with E-state index in [0.29, 0.717) is 25.3 Å². The lowest BCUT2D eigenvalue weighted by molar-refractivity contribution is -0.122. The number of hydrogen-bond donors (Lipinski definition) is 3. The maximum absolute atomic E-state index is 11.7. The van der Waals surface area contributed by atoms with Gasteiger partial charge in [-0.05, 0) is 44.7 Å². The van der Waals surface area contributed by atoms with Crippen LogP contribution in [-0.2, 0) is 9.59 Å². The molecule has 2 fully saturated rings. The molecule has 0 radical (unpaired) electrons. The van der Waals surface area contributed by atoms with Crippen LogP contribution in [0.25, 0.3) is 0 Å². The Morgan fingerprint density at radius 1 is 1.39 bits per heavy atom. The molecule has 102 valence electrons. The van der Waals surface area contributed by atoms with E-state index in [4.69, 9.17) is 0 Å². The summed E-state index contributed by atoms with van der Waals surface area (Å²) in [5.74, 6) is 0.861. The van der Waals surface area contributed by atoms with Crippen LogP contribution in [0.3, 0.4) is 0 Å². The number of carbonyl (C=O) groups excluding carboxylic acids is 2. The largest absolute Gasteiger partial charge is 0.354 e. The van der Waals surface area contributed by atoms with E-state index >= 15 is 0 Å². The molecule has 2 unspecified atom stereocenters. The van der Waals surface area contributed by atoms with Gasteiger partial charge in [0.1, 0.15) is 0 Å². The normalized spacial score (nSPS) is 27.9. The van der Waals surface area contributed by atoms with Crippen LogP contribution in [0.5, 0.6) is 0 Å². The molecule has 0 bridgehead atoms. The Labute approximate surface area is 108 Å². The summed E-state index contributed by atoms with van der Waals surface area (Å²) < 4.78 is 0. The van der Waals surface area contributed by atoms with Crippen LogP contribution in [0.15, 0.2) is 0 Å². The summed E-state index contributed by atoms with van der Waals surface area (Å²) in [6.07, 6.45) is 5.46. The number of hydrogen-bond acceptors (Lipinski definition) is 3. The third-order valence-electron chi connectivity index (χ3n) is 3.81. The average molecular weight is 253 g/mol. The van der Waals surface area contributed by atoms with E-state index in [1.165, 1.54) is 12.8 Å². The molecule has 0 aromatic rings.